The summed E-state index contributed by atoms with van der Waals surface area (Å²) in [6.45, 7) is 7.46. The van der Waals surface area contributed by atoms with Crippen LogP contribution in [-0.2, 0) is 6.42 Å². The Hall–Kier alpha value is -2.34. The zero-order chi connectivity index (χ0) is 18.4. The van der Waals surface area contributed by atoms with Crippen LogP contribution < -0.4 is 14.4 Å². The summed E-state index contributed by atoms with van der Waals surface area (Å²) < 4.78 is 11.0. The molecular weight excluding hydrogens is 346 g/mol. The van der Waals surface area contributed by atoms with Crippen LogP contribution in [0.4, 0.5) is 5.82 Å². The maximum absolute atomic E-state index is 5.52. The highest BCUT2D eigenvalue weighted by atomic mass is 32.1. The fourth-order valence-electron chi connectivity index (χ4n) is 3.82. The summed E-state index contributed by atoms with van der Waals surface area (Å²) in [5, 5.41) is 1.19. The van der Waals surface area contributed by atoms with E-state index in [1.54, 1.807) is 31.9 Å². The Balaban J connectivity index is 1.82. The molecule has 0 N–H and O–H groups in total. The van der Waals surface area contributed by atoms with E-state index in [2.05, 4.69) is 47.8 Å². The molecule has 0 fully saturated rings. The largest absolute Gasteiger partial charge is 0.493 e. The van der Waals surface area contributed by atoms with Crippen molar-refractivity contribution >= 4 is 27.4 Å². The smallest absolute Gasteiger partial charge is 0.161 e. The van der Waals surface area contributed by atoms with Crippen molar-refractivity contribution < 1.29 is 9.47 Å². The van der Waals surface area contributed by atoms with Crippen molar-refractivity contribution in [1.82, 2.24) is 9.97 Å². The number of ether oxygens (including phenoxy) is 2. The van der Waals surface area contributed by atoms with Crippen LogP contribution in [0.25, 0.3) is 10.2 Å². The second-order valence-electron chi connectivity index (χ2n) is 6.69. The van der Waals surface area contributed by atoms with Gasteiger partial charge in [0.15, 0.2) is 11.5 Å². The lowest BCUT2D eigenvalue weighted by Crippen LogP contribution is -2.34. The lowest BCUT2D eigenvalue weighted by atomic mass is 9.92. The SMILES string of the molecule is COc1cc2c(cc1OC)[C@@H](C)N(c1ncnc3sc(C)c(C)c13)CC2. The van der Waals surface area contributed by atoms with Gasteiger partial charge in [0.1, 0.15) is 17.0 Å². The van der Waals surface area contributed by atoms with E-state index in [0.29, 0.717) is 0 Å². The van der Waals surface area contributed by atoms with Crippen LogP contribution in [0.1, 0.15) is 34.5 Å². The first-order valence-electron chi connectivity index (χ1n) is 8.77. The second-order valence-corrected chi connectivity index (χ2v) is 7.89. The van der Waals surface area contributed by atoms with E-state index in [1.807, 2.05) is 0 Å². The first-order chi connectivity index (χ1) is 12.5. The molecule has 4 rings (SSSR count). The van der Waals surface area contributed by atoms with Crippen LogP contribution in [0.3, 0.4) is 0 Å². The van der Waals surface area contributed by atoms with Gasteiger partial charge in [-0.15, -0.1) is 11.3 Å². The van der Waals surface area contributed by atoms with Gasteiger partial charge in [0, 0.05) is 11.4 Å². The molecular formula is C20H23N3O2S. The number of methoxy groups -OCH3 is 2. The molecule has 0 amide bonds. The molecule has 5 nitrogen and oxygen atoms in total. The Morgan fingerprint density at radius 1 is 1.12 bits per heavy atom. The van der Waals surface area contributed by atoms with Gasteiger partial charge < -0.3 is 14.4 Å². The lowest BCUT2D eigenvalue weighted by molar-refractivity contribution is 0.353. The summed E-state index contributed by atoms with van der Waals surface area (Å²) in [6.07, 6.45) is 2.64. The molecule has 2 aromatic heterocycles. The topological polar surface area (TPSA) is 47.5 Å². The average Bonchev–Trinajstić information content (AvgIpc) is 2.95. The highest BCUT2D eigenvalue weighted by Crippen LogP contribution is 2.42. The maximum Gasteiger partial charge on any atom is 0.161 e. The monoisotopic (exact) mass is 369 g/mol. The zero-order valence-electron chi connectivity index (χ0n) is 15.8. The van der Waals surface area contributed by atoms with Crippen LogP contribution in [0.15, 0.2) is 18.5 Å². The number of benzene rings is 1. The number of thiophene rings is 1. The number of nitrogens with zero attached hydrogens (tertiary/aromatic N) is 3. The van der Waals surface area contributed by atoms with Gasteiger partial charge in [-0.1, -0.05) is 0 Å². The van der Waals surface area contributed by atoms with Crippen LogP contribution in [-0.4, -0.2) is 30.7 Å². The number of rotatable bonds is 3. The Morgan fingerprint density at radius 2 is 1.85 bits per heavy atom. The highest BCUT2D eigenvalue weighted by molar-refractivity contribution is 7.18. The Kier molecular flexibility index (Phi) is 4.23. The van der Waals surface area contributed by atoms with Crippen molar-refractivity contribution in [3.63, 3.8) is 0 Å². The van der Waals surface area contributed by atoms with E-state index in [9.17, 15) is 0 Å². The van der Waals surface area contributed by atoms with E-state index >= 15 is 0 Å². The quantitative estimate of drug-likeness (QED) is 0.683. The average molecular weight is 369 g/mol. The molecule has 6 heteroatoms. The third kappa shape index (κ3) is 2.51. The molecule has 136 valence electrons. The predicted octanol–water partition coefficient (Wildman–Crippen LogP) is 4.45. The lowest BCUT2D eigenvalue weighted by Gasteiger charge is -2.37. The van der Waals surface area contributed by atoms with E-state index in [1.165, 1.54) is 27.0 Å². The molecule has 3 heterocycles. The van der Waals surface area contributed by atoms with Gasteiger partial charge in [0.25, 0.3) is 0 Å². The van der Waals surface area contributed by atoms with Gasteiger partial charge in [-0.2, -0.15) is 0 Å². The molecule has 0 unspecified atom stereocenters. The number of anilines is 1. The first kappa shape index (κ1) is 17.1. The Bertz CT molecular complexity index is 983. The maximum atomic E-state index is 5.52. The Labute approximate surface area is 157 Å². The normalized spacial score (nSPS) is 16.7. The number of aryl methyl sites for hydroxylation is 2. The summed E-state index contributed by atoms with van der Waals surface area (Å²) in [5.41, 5.74) is 3.87. The summed E-state index contributed by atoms with van der Waals surface area (Å²) in [5.74, 6) is 2.60. The van der Waals surface area contributed by atoms with Gasteiger partial charge >= 0.3 is 0 Å². The van der Waals surface area contributed by atoms with Gasteiger partial charge in [0.2, 0.25) is 0 Å². The van der Waals surface area contributed by atoms with Crippen molar-refractivity contribution in [3.8, 4) is 11.5 Å². The van der Waals surface area contributed by atoms with E-state index in [0.717, 1.165) is 35.1 Å². The summed E-state index contributed by atoms with van der Waals surface area (Å²) in [4.78, 5) is 13.9. The molecule has 0 spiro atoms. The van der Waals surface area contributed by atoms with E-state index in [4.69, 9.17) is 9.47 Å². The molecule has 0 bridgehead atoms. The third-order valence-corrected chi connectivity index (χ3v) is 6.52. The van der Waals surface area contributed by atoms with Crippen LogP contribution in [0.2, 0.25) is 0 Å². The molecule has 1 aliphatic heterocycles. The minimum absolute atomic E-state index is 0.205. The minimum atomic E-state index is 0.205. The molecule has 0 aliphatic carbocycles. The standard InChI is InChI=1S/C20H23N3O2S/c1-11-13(3)26-20-18(11)19(21-10-22-20)23-7-6-14-8-16(24-4)17(25-5)9-15(14)12(23)2/h8-10,12H,6-7H2,1-5H3/t12-/m1/s1. The number of hydrogen-bond donors (Lipinski definition) is 0. The Morgan fingerprint density at radius 3 is 2.58 bits per heavy atom. The highest BCUT2D eigenvalue weighted by Gasteiger charge is 2.29. The summed E-state index contributed by atoms with van der Waals surface area (Å²) >= 11 is 1.74. The van der Waals surface area contributed by atoms with Gasteiger partial charge in [0.05, 0.1) is 25.6 Å². The van der Waals surface area contributed by atoms with Crippen molar-refractivity contribution in [2.24, 2.45) is 0 Å². The molecule has 1 atom stereocenters. The molecule has 26 heavy (non-hydrogen) atoms. The number of aromatic nitrogens is 2. The second kappa shape index (κ2) is 6.43. The van der Waals surface area contributed by atoms with E-state index in [-0.39, 0.29) is 6.04 Å². The van der Waals surface area contributed by atoms with Crippen LogP contribution in [0.5, 0.6) is 11.5 Å². The molecule has 1 aliphatic rings. The van der Waals surface area contributed by atoms with Gasteiger partial charge in [-0.3, -0.25) is 0 Å². The fraction of sp³-hybridized carbons (Fsp3) is 0.400. The number of hydrogen-bond acceptors (Lipinski definition) is 6. The molecule has 0 radical (unpaired) electrons. The number of fused-ring (bicyclic) bond motifs is 2. The molecule has 0 saturated heterocycles. The van der Waals surface area contributed by atoms with Gasteiger partial charge in [-0.05, 0) is 56.0 Å². The minimum Gasteiger partial charge on any atom is -0.493 e. The summed E-state index contributed by atoms with van der Waals surface area (Å²) in [7, 11) is 3.36. The van der Waals surface area contributed by atoms with Crippen LogP contribution in [0, 0.1) is 13.8 Å². The van der Waals surface area contributed by atoms with E-state index < -0.39 is 0 Å². The molecule has 1 aromatic carbocycles. The van der Waals surface area contributed by atoms with Gasteiger partial charge in [-0.25, -0.2) is 9.97 Å². The predicted molar refractivity (Wildman–Crippen MR) is 106 cm³/mol. The first-order valence-corrected chi connectivity index (χ1v) is 9.59. The summed E-state index contributed by atoms with van der Waals surface area (Å²) in [6, 6.07) is 4.42. The van der Waals surface area contributed by atoms with Crippen LogP contribution >= 0.6 is 11.3 Å². The van der Waals surface area contributed by atoms with Crippen molar-refractivity contribution in [1.29, 1.82) is 0 Å². The zero-order valence-corrected chi connectivity index (χ0v) is 16.6. The molecule has 0 saturated carbocycles. The van der Waals surface area contributed by atoms with Crippen molar-refractivity contribution in [2.75, 3.05) is 25.7 Å². The fourth-order valence-corrected chi connectivity index (χ4v) is 4.81. The third-order valence-electron chi connectivity index (χ3n) is 5.40. The molecule has 3 aromatic rings. The van der Waals surface area contributed by atoms with Crippen molar-refractivity contribution in [2.45, 2.75) is 33.2 Å². The van der Waals surface area contributed by atoms with Crippen molar-refractivity contribution in [3.05, 3.63) is 40.0 Å².